The lowest BCUT2D eigenvalue weighted by Gasteiger charge is -2.14. The highest BCUT2D eigenvalue weighted by Gasteiger charge is 2.33. The van der Waals surface area contributed by atoms with Crippen molar-refractivity contribution in [2.45, 2.75) is 19.6 Å². The summed E-state index contributed by atoms with van der Waals surface area (Å²) in [6.07, 6.45) is -3.11. The fourth-order valence-electron chi connectivity index (χ4n) is 2.61. The zero-order chi connectivity index (χ0) is 20.1. The lowest BCUT2D eigenvalue weighted by atomic mass is 10.1. The number of rotatable bonds is 5. The Labute approximate surface area is 160 Å². The number of benzene rings is 2. The molecule has 0 atom stereocenters. The Morgan fingerprint density at radius 1 is 1.04 bits per heavy atom. The lowest BCUT2D eigenvalue weighted by Crippen LogP contribution is -2.23. The van der Waals surface area contributed by atoms with Crippen molar-refractivity contribution >= 4 is 17.3 Å². The van der Waals surface area contributed by atoms with E-state index in [0.29, 0.717) is 12.2 Å². The van der Waals surface area contributed by atoms with Gasteiger partial charge in [0.15, 0.2) is 0 Å². The molecule has 0 aliphatic rings. The molecule has 0 bridgehead atoms. The Morgan fingerprint density at radius 2 is 1.75 bits per heavy atom. The minimum absolute atomic E-state index is 0.0905. The topological polar surface area (TPSA) is 54.0 Å². The quantitative estimate of drug-likeness (QED) is 0.644. The van der Waals surface area contributed by atoms with Crippen LogP contribution in [0.4, 0.5) is 24.5 Å². The second-order valence-electron chi connectivity index (χ2n) is 6.27. The van der Waals surface area contributed by atoms with Gasteiger partial charge in [-0.25, -0.2) is 0 Å². The highest BCUT2D eigenvalue weighted by atomic mass is 19.4. The molecule has 2 aromatic carbocycles. The van der Waals surface area contributed by atoms with Crippen LogP contribution < -0.4 is 10.6 Å². The van der Waals surface area contributed by atoms with Gasteiger partial charge in [-0.2, -0.15) is 13.2 Å². The molecule has 144 valence electrons. The van der Waals surface area contributed by atoms with Crippen LogP contribution in [0.2, 0.25) is 0 Å². The molecule has 0 saturated carbocycles. The summed E-state index contributed by atoms with van der Waals surface area (Å²) >= 11 is 0. The maximum Gasteiger partial charge on any atom is 0.418 e. The number of nitrogens with zero attached hydrogens (tertiary/aromatic N) is 1. The number of anilines is 2. The number of nitrogens with one attached hydrogen (secondary N) is 2. The van der Waals surface area contributed by atoms with Gasteiger partial charge in [0.2, 0.25) is 0 Å². The number of halogens is 3. The molecule has 3 aromatic rings. The predicted molar refractivity (Wildman–Crippen MR) is 101 cm³/mol. The number of carbonyl (C=O) groups is 1. The van der Waals surface area contributed by atoms with Gasteiger partial charge < -0.3 is 10.6 Å². The third-order valence-corrected chi connectivity index (χ3v) is 4.08. The Kier molecular flexibility index (Phi) is 5.63. The molecule has 0 aliphatic heterocycles. The normalized spacial score (nSPS) is 11.1. The molecule has 0 unspecified atom stereocenters. The van der Waals surface area contributed by atoms with Crippen LogP contribution in [0, 0.1) is 6.92 Å². The Morgan fingerprint density at radius 3 is 2.46 bits per heavy atom. The number of para-hydroxylation sites is 1. The smallest absolute Gasteiger partial charge is 0.355 e. The Bertz CT molecular complexity index is 969. The van der Waals surface area contributed by atoms with Crippen molar-refractivity contribution in [3.8, 4) is 0 Å². The minimum atomic E-state index is -4.48. The first kappa shape index (κ1) is 19.4. The molecule has 3 rings (SSSR count). The monoisotopic (exact) mass is 385 g/mol. The van der Waals surface area contributed by atoms with Gasteiger partial charge in [0, 0.05) is 18.4 Å². The molecule has 1 aromatic heterocycles. The first-order valence-electron chi connectivity index (χ1n) is 8.56. The summed E-state index contributed by atoms with van der Waals surface area (Å²) < 4.78 is 39.4. The van der Waals surface area contributed by atoms with Crippen LogP contribution >= 0.6 is 0 Å². The fraction of sp³-hybridized carbons (Fsp3) is 0.143. The molecular weight excluding hydrogens is 367 g/mol. The summed E-state index contributed by atoms with van der Waals surface area (Å²) in [6, 6.07) is 15.8. The molecule has 0 saturated heterocycles. The summed E-state index contributed by atoms with van der Waals surface area (Å²) in [6.45, 7) is 2.30. The molecule has 2 N–H and O–H groups in total. The zero-order valence-electron chi connectivity index (χ0n) is 15.0. The second-order valence-corrected chi connectivity index (χ2v) is 6.27. The van der Waals surface area contributed by atoms with Gasteiger partial charge in [-0.1, -0.05) is 42.0 Å². The SMILES string of the molecule is Cc1ccc(CNC(=O)c2cc(Nc3ccccc3C(F)(F)F)ccn2)cc1. The van der Waals surface area contributed by atoms with Gasteiger partial charge >= 0.3 is 6.18 Å². The van der Waals surface area contributed by atoms with Crippen molar-refractivity contribution in [2.75, 3.05) is 5.32 Å². The van der Waals surface area contributed by atoms with Crippen molar-refractivity contribution < 1.29 is 18.0 Å². The fourth-order valence-corrected chi connectivity index (χ4v) is 2.61. The molecule has 7 heteroatoms. The van der Waals surface area contributed by atoms with Crippen molar-refractivity contribution in [3.05, 3.63) is 89.2 Å². The third-order valence-electron chi connectivity index (χ3n) is 4.08. The Hall–Kier alpha value is -3.35. The second kappa shape index (κ2) is 8.12. The van der Waals surface area contributed by atoms with Crippen LogP contribution in [0.1, 0.15) is 27.2 Å². The summed E-state index contributed by atoms with van der Waals surface area (Å²) in [5.74, 6) is -0.409. The molecular formula is C21H18F3N3O. The van der Waals surface area contributed by atoms with E-state index in [4.69, 9.17) is 0 Å². The number of carbonyl (C=O) groups excluding carboxylic acids is 1. The average Bonchev–Trinajstić information content (AvgIpc) is 2.67. The maximum absolute atomic E-state index is 13.1. The van der Waals surface area contributed by atoms with E-state index in [1.165, 1.54) is 36.5 Å². The van der Waals surface area contributed by atoms with Crippen molar-refractivity contribution in [2.24, 2.45) is 0 Å². The van der Waals surface area contributed by atoms with E-state index < -0.39 is 17.6 Å². The van der Waals surface area contributed by atoms with Gasteiger partial charge in [0.25, 0.3) is 5.91 Å². The molecule has 0 fully saturated rings. The largest absolute Gasteiger partial charge is 0.418 e. The van der Waals surface area contributed by atoms with E-state index in [1.54, 1.807) is 0 Å². The van der Waals surface area contributed by atoms with Crippen LogP contribution in [0.5, 0.6) is 0 Å². The van der Waals surface area contributed by atoms with E-state index in [0.717, 1.165) is 17.2 Å². The van der Waals surface area contributed by atoms with Crippen LogP contribution in [-0.2, 0) is 12.7 Å². The highest BCUT2D eigenvalue weighted by Crippen LogP contribution is 2.35. The van der Waals surface area contributed by atoms with Crippen LogP contribution in [0.15, 0.2) is 66.9 Å². The van der Waals surface area contributed by atoms with E-state index in [-0.39, 0.29) is 11.4 Å². The summed E-state index contributed by atoms with van der Waals surface area (Å²) in [5, 5.41) is 5.47. The van der Waals surface area contributed by atoms with Gasteiger partial charge in [0.1, 0.15) is 5.69 Å². The van der Waals surface area contributed by atoms with E-state index in [1.807, 2.05) is 31.2 Å². The van der Waals surface area contributed by atoms with Gasteiger partial charge in [-0.15, -0.1) is 0 Å². The molecule has 0 radical (unpaired) electrons. The molecule has 1 amide bonds. The molecule has 28 heavy (non-hydrogen) atoms. The highest BCUT2D eigenvalue weighted by molar-refractivity contribution is 5.93. The maximum atomic E-state index is 13.1. The summed E-state index contributed by atoms with van der Waals surface area (Å²) in [4.78, 5) is 16.3. The average molecular weight is 385 g/mol. The minimum Gasteiger partial charge on any atom is -0.355 e. The summed E-state index contributed by atoms with van der Waals surface area (Å²) in [5.41, 5.74) is 1.64. The van der Waals surface area contributed by atoms with Gasteiger partial charge in [-0.05, 0) is 36.8 Å². The third kappa shape index (κ3) is 4.88. The molecule has 4 nitrogen and oxygen atoms in total. The van der Waals surface area contributed by atoms with Crippen LogP contribution in [0.3, 0.4) is 0 Å². The molecule has 0 spiro atoms. The van der Waals surface area contributed by atoms with Crippen LogP contribution in [-0.4, -0.2) is 10.9 Å². The summed E-state index contributed by atoms with van der Waals surface area (Å²) in [7, 11) is 0. The first-order valence-corrected chi connectivity index (χ1v) is 8.56. The number of aromatic nitrogens is 1. The van der Waals surface area contributed by atoms with Crippen molar-refractivity contribution in [1.82, 2.24) is 10.3 Å². The van der Waals surface area contributed by atoms with Crippen molar-refractivity contribution in [1.29, 1.82) is 0 Å². The van der Waals surface area contributed by atoms with Crippen molar-refractivity contribution in [3.63, 3.8) is 0 Å². The van der Waals surface area contributed by atoms with E-state index >= 15 is 0 Å². The standard InChI is InChI=1S/C21H18F3N3O/c1-14-6-8-15(9-7-14)13-26-20(28)19-12-16(10-11-25-19)27-18-5-3-2-4-17(18)21(22,23)24/h2-12H,13H2,1H3,(H,25,27)(H,26,28). The molecule has 1 heterocycles. The van der Waals surface area contributed by atoms with Gasteiger partial charge in [-0.3, -0.25) is 9.78 Å². The lowest BCUT2D eigenvalue weighted by molar-refractivity contribution is -0.136. The first-order chi connectivity index (χ1) is 13.3. The van der Waals surface area contributed by atoms with E-state index in [9.17, 15) is 18.0 Å². The number of amides is 1. The predicted octanol–water partition coefficient (Wildman–Crippen LogP) is 5.08. The number of aryl methyl sites for hydroxylation is 1. The van der Waals surface area contributed by atoms with E-state index in [2.05, 4.69) is 15.6 Å². The molecule has 0 aliphatic carbocycles. The number of hydrogen-bond acceptors (Lipinski definition) is 3. The zero-order valence-corrected chi connectivity index (χ0v) is 15.0. The number of hydrogen-bond donors (Lipinski definition) is 2. The van der Waals surface area contributed by atoms with Crippen LogP contribution in [0.25, 0.3) is 0 Å². The van der Waals surface area contributed by atoms with Gasteiger partial charge in [0.05, 0.1) is 11.3 Å². The number of alkyl halides is 3. The Balaban J connectivity index is 1.72. The number of pyridine rings is 1.